The van der Waals surface area contributed by atoms with E-state index < -0.39 is 16.8 Å². The fraction of sp³-hybridized carbons (Fsp3) is 0.192. The molecule has 0 bridgehead atoms. The summed E-state index contributed by atoms with van der Waals surface area (Å²) in [6, 6.07) is 13.6. The van der Waals surface area contributed by atoms with Crippen molar-refractivity contribution < 1.29 is 18.1 Å². The highest BCUT2D eigenvalue weighted by molar-refractivity contribution is 7.83. The Morgan fingerprint density at radius 3 is 2.78 bits per heavy atom. The predicted octanol–water partition coefficient (Wildman–Crippen LogP) is 5.85. The van der Waals surface area contributed by atoms with E-state index in [0.29, 0.717) is 22.9 Å². The van der Waals surface area contributed by atoms with E-state index in [-0.39, 0.29) is 18.0 Å². The first-order valence-electron chi connectivity index (χ1n) is 11.3. The molecule has 0 spiro atoms. The molecule has 2 heterocycles. The van der Waals surface area contributed by atoms with Crippen LogP contribution in [0.25, 0.3) is 31.8 Å². The van der Waals surface area contributed by atoms with Crippen LogP contribution in [-0.2, 0) is 22.3 Å². The van der Waals surface area contributed by atoms with Gasteiger partial charge in [0.2, 0.25) is 0 Å². The number of methoxy groups -OCH3 is 1. The lowest BCUT2D eigenvalue weighted by Crippen LogP contribution is -2.24. The molecule has 1 N–H and O–H groups in total. The van der Waals surface area contributed by atoms with Gasteiger partial charge in [-0.3, -0.25) is 4.98 Å². The van der Waals surface area contributed by atoms with Crippen LogP contribution in [0.4, 0.5) is 4.39 Å². The summed E-state index contributed by atoms with van der Waals surface area (Å²) in [5, 5.41) is 1.24. The monoisotopic (exact) mass is 556 g/mol. The number of hydrogen-bond acceptors (Lipinski definition) is 7. The smallest absolute Gasteiger partial charge is 0.140 e. The second-order valence-corrected chi connectivity index (χ2v) is 10.9. The Morgan fingerprint density at radius 1 is 1.14 bits per heavy atom. The third kappa shape index (κ3) is 5.63. The van der Waals surface area contributed by atoms with Crippen LogP contribution in [-0.4, -0.2) is 39.4 Å². The van der Waals surface area contributed by atoms with Crippen LogP contribution in [0, 0.1) is 12.7 Å². The highest BCUT2D eigenvalue weighted by atomic mass is 35.5. The minimum atomic E-state index is -1.67. The SMILES string of the molecule is COCc1cnc2c(-c3nc4c(Cl)cc(OCCNS(=O)c5ccccc5F)cc4s3)cc(C)cc2n1. The van der Waals surface area contributed by atoms with Crippen LogP contribution < -0.4 is 9.46 Å². The average Bonchev–Trinajstić information content (AvgIpc) is 3.31. The highest BCUT2D eigenvalue weighted by Gasteiger charge is 2.16. The van der Waals surface area contributed by atoms with Crippen LogP contribution >= 0.6 is 22.9 Å². The molecule has 2 aromatic heterocycles. The Bertz CT molecular complexity index is 1630. The van der Waals surface area contributed by atoms with Crippen molar-refractivity contribution in [3.8, 4) is 16.3 Å². The third-order valence-corrected chi connectivity index (χ3v) is 7.95. The minimum Gasteiger partial charge on any atom is -0.492 e. The minimum absolute atomic E-state index is 0.104. The van der Waals surface area contributed by atoms with Gasteiger partial charge in [0, 0.05) is 25.3 Å². The lowest BCUT2D eigenvalue weighted by molar-refractivity contribution is 0.181. The maximum atomic E-state index is 13.8. The number of halogens is 2. The number of thiazole rings is 1. The maximum absolute atomic E-state index is 13.8. The fourth-order valence-electron chi connectivity index (χ4n) is 3.82. The molecule has 0 radical (unpaired) electrons. The molecule has 0 saturated carbocycles. The van der Waals surface area contributed by atoms with Crippen molar-refractivity contribution in [3.63, 3.8) is 0 Å². The molecule has 3 aromatic carbocycles. The quantitative estimate of drug-likeness (QED) is 0.229. The summed E-state index contributed by atoms with van der Waals surface area (Å²) in [6.45, 7) is 2.87. The number of benzene rings is 3. The molecule has 7 nitrogen and oxygen atoms in total. The van der Waals surface area contributed by atoms with E-state index in [1.165, 1.54) is 23.5 Å². The van der Waals surface area contributed by atoms with Crippen molar-refractivity contribution in [2.24, 2.45) is 0 Å². The van der Waals surface area contributed by atoms with Crippen LogP contribution in [0.5, 0.6) is 5.75 Å². The predicted molar refractivity (Wildman–Crippen MR) is 145 cm³/mol. The van der Waals surface area contributed by atoms with Gasteiger partial charge in [0.15, 0.2) is 0 Å². The topological polar surface area (TPSA) is 86.2 Å². The first-order chi connectivity index (χ1) is 17.9. The molecule has 5 rings (SSSR count). The first-order valence-corrected chi connectivity index (χ1v) is 13.7. The van der Waals surface area contributed by atoms with Gasteiger partial charge in [-0.05, 0) is 42.8 Å². The summed E-state index contributed by atoms with van der Waals surface area (Å²) in [7, 11) is -0.0463. The molecule has 0 saturated heterocycles. The van der Waals surface area contributed by atoms with Gasteiger partial charge in [-0.25, -0.2) is 23.3 Å². The molecule has 0 amide bonds. The standard InChI is InChI=1S/C26H22ClFN4O3S2/c1-15-9-18(24-21(10-15)31-16(13-29-24)14-34-2)26-32-25-19(27)11-17(12-22(25)36-26)35-8-7-30-37(33)23-6-4-3-5-20(23)28/h3-6,9-13,30H,7-8,14H2,1-2H3. The van der Waals surface area contributed by atoms with Crippen LogP contribution in [0.2, 0.25) is 5.02 Å². The van der Waals surface area contributed by atoms with E-state index in [1.807, 2.05) is 25.1 Å². The molecule has 1 atom stereocenters. The molecule has 0 aliphatic carbocycles. The van der Waals surface area contributed by atoms with Crippen molar-refractivity contribution in [2.75, 3.05) is 20.3 Å². The van der Waals surface area contributed by atoms with E-state index >= 15 is 0 Å². The average molecular weight is 557 g/mol. The Labute approximate surface area is 224 Å². The maximum Gasteiger partial charge on any atom is 0.140 e. The van der Waals surface area contributed by atoms with Gasteiger partial charge < -0.3 is 9.47 Å². The van der Waals surface area contributed by atoms with Gasteiger partial charge in [-0.15, -0.1) is 11.3 Å². The first kappa shape index (κ1) is 25.6. The van der Waals surface area contributed by atoms with Crippen molar-refractivity contribution >= 4 is 55.2 Å². The number of aromatic nitrogens is 3. The van der Waals surface area contributed by atoms with Gasteiger partial charge in [0.25, 0.3) is 0 Å². The largest absolute Gasteiger partial charge is 0.492 e. The van der Waals surface area contributed by atoms with Crippen molar-refractivity contribution in [3.05, 3.63) is 76.8 Å². The fourth-order valence-corrected chi connectivity index (χ4v) is 6.04. The second-order valence-electron chi connectivity index (χ2n) is 8.19. The lowest BCUT2D eigenvalue weighted by Gasteiger charge is -2.08. The lowest BCUT2D eigenvalue weighted by atomic mass is 10.1. The van der Waals surface area contributed by atoms with E-state index in [0.717, 1.165) is 37.6 Å². The van der Waals surface area contributed by atoms with Crippen LogP contribution in [0.3, 0.4) is 0 Å². The zero-order valence-electron chi connectivity index (χ0n) is 20.0. The number of fused-ring (bicyclic) bond motifs is 2. The van der Waals surface area contributed by atoms with Crippen molar-refractivity contribution in [2.45, 2.75) is 18.4 Å². The molecule has 37 heavy (non-hydrogen) atoms. The highest BCUT2D eigenvalue weighted by Crippen LogP contribution is 2.38. The number of nitrogens with zero attached hydrogens (tertiary/aromatic N) is 3. The van der Waals surface area contributed by atoms with Crippen molar-refractivity contribution in [1.29, 1.82) is 0 Å². The molecular weight excluding hydrogens is 535 g/mol. The Balaban J connectivity index is 1.35. The van der Waals surface area contributed by atoms with Gasteiger partial charge in [-0.1, -0.05) is 23.7 Å². The number of aryl methyl sites for hydroxylation is 1. The number of ether oxygens (including phenoxy) is 2. The molecule has 11 heteroatoms. The molecular formula is C26H22ClFN4O3S2. The zero-order chi connectivity index (χ0) is 25.9. The van der Waals surface area contributed by atoms with Crippen molar-refractivity contribution in [1.82, 2.24) is 19.7 Å². The summed E-state index contributed by atoms with van der Waals surface area (Å²) < 4.78 is 40.7. The molecule has 190 valence electrons. The summed E-state index contributed by atoms with van der Waals surface area (Å²) in [6.07, 6.45) is 1.71. The normalized spacial score (nSPS) is 12.3. The van der Waals surface area contributed by atoms with Gasteiger partial charge >= 0.3 is 0 Å². The molecule has 0 aliphatic rings. The second kappa shape index (κ2) is 11.2. The molecule has 0 aliphatic heterocycles. The molecule has 1 unspecified atom stereocenters. The van der Waals surface area contributed by atoms with Gasteiger partial charge in [0.05, 0.1) is 44.1 Å². The van der Waals surface area contributed by atoms with Gasteiger partial charge in [0.1, 0.15) is 39.7 Å². The van der Waals surface area contributed by atoms with Gasteiger partial charge in [-0.2, -0.15) is 0 Å². The van der Waals surface area contributed by atoms with E-state index in [1.54, 1.807) is 31.5 Å². The third-order valence-electron chi connectivity index (χ3n) is 5.43. The zero-order valence-corrected chi connectivity index (χ0v) is 22.3. The van der Waals surface area contributed by atoms with E-state index in [2.05, 4.69) is 14.7 Å². The summed E-state index contributed by atoms with van der Waals surface area (Å²) >= 11 is 8.03. The Hall–Kier alpha value is -3.02. The van der Waals surface area contributed by atoms with Crippen LogP contribution in [0.15, 0.2) is 59.6 Å². The Morgan fingerprint density at radius 2 is 1.97 bits per heavy atom. The number of rotatable bonds is 9. The van der Waals surface area contributed by atoms with E-state index in [9.17, 15) is 8.60 Å². The van der Waals surface area contributed by atoms with E-state index in [4.69, 9.17) is 26.1 Å². The molecule has 5 aromatic rings. The molecule has 0 fully saturated rings. The Kier molecular flexibility index (Phi) is 7.73. The van der Waals surface area contributed by atoms with Crippen LogP contribution in [0.1, 0.15) is 11.3 Å². The summed E-state index contributed by atoms with van der Waals surface area (Å²) in [4.78, 5) is 14.2. The number of nitrogens with one attached hydrogen (secondary N) is 1. The summed E-state index contributed by atoms with van der Waals surface area (Å²) in [5.41, 5.74) is 4.89. The summed E-state index contributed by atoms with van der Waals surface area (Å²) in [5.74, 6) is 0.0412. The number of hydrogen-bond donors (Lipinski definition) is 1.